The van der Waals surface area contributed by atoms with E-state index in [2.05, 4.69) is 6.08 Å². The molecule has 0 aromatic carbocycles. The first kappa shape index (κ1) is 16.6. The Bertz CT molecular complexity index is 366. The van der Waals surface area contributed by atoms with Crippen LogP contribution in [0.2, 0.25) is 0 Å². The van der Waals surface area contributed by atoms with E-state index in [1.807, 2.05) is 27.7 Å². The van der Waals surface area contributed by atoms with Gasteiger partial charge in [-0.2, -0.15) is 0 Å². The van der Waals surface area contributed by atoms with Gasteiger partial charge in [-0.3, -0.25) is 0 Å². The quantitative estimate of drug-likeness (QED) is 0.428. The van der Waals surface area contributed by atoms with Crippen LogP contribution < -0.4 is 0 Å². The van der Waals surface area contributed by atoms with Crippen LogP contribution >= 0.6 is 23.5 Å². The first-order valence-electron chi connectivity index (χ1n) is 6.57. The molecule has 0 N–H and O–H groups in total. The number of allylic oxidation sites excluding steroid dienone is 1. The minimum atomic E-state index is -0.668. The van der Waals surface area contributed by atoms with Gasteiger partial charge in [0.25, 0.3) is 0 Å². The smallest absolute Gasteiger partial charge is 0.333 e. The van der Waals surface area contributed by atoms with Crippen molar-refractivity contribution >= 4 is 35.8 Å². The highest BCUT2D eigenvalue weighted by molar-refractivity contribution is 8.19. The predicted octanol–water partition coefficient (Wildman–Crippen LogP) is 3.29. The number of hydrogen-bond donors (Lipinski definition) is 0. The lowest BCUT2D eigenvalue weighted by Crippen LogP contribution is -2.45. The van der Waals surface area contributed by atoms with E-state index in [0.717, 1.165) is 23.4 Å². The maximum absolute atomic E-state index is 12.5. The summed E-state index contributed by atoms with van der Waals surface area (Å²) in [6, 6.07) is 0. The maximum atomic E-state index is 12.5. The third-order valence-corrected chi connectivity index (χ3v) is 6.12. The number of hydrogen-bond acceptors (Lipinski definition) is 5. The number of aldehydes is 1. The molecule has 0 fully saturated rings. The second kappa shape index (κ2) is 7.39. The van der Waals surface area contributed by atoms with Crippen molar-refractivity contribution in [2.75, 3.05) is 11.5 Å². The number of rotatable bonds is 6. The normalized spacial score (nSPS) is 27.0. The fourth-order valence-electron chi connectivity index (χ4n) is 2.19. The van der Waals surface area contributed by atoms with E-state index in [1.165, 1.54) is 0 Å². The van der Waals surface area contributed by atoms with Gasteiger partial charge in [-0.25, -0.2) is 4.79 Å². The molecule has 5 heteroatoms. The van der Waals surface area contributed by atoms with E-state index in [9.17, 15) is 9.59 Å². The zero-order chi connectivity index (χ0) is 14.5. The van der Waals surface area contributed by atoms with Gasteiger partial charge in [0.1, 0.15) is 6.29 Å². The molecule has 108 valence electrons. The van der Waals surface area contributed by atoms with Gasteiger partial charge in [-0.1, -0.05) is 18.6 Å². The lowest BCUT2D eigenvalue weighted by Gasteiger charge is -2.40. The summed E-state index contributed by atoms with van der Waals surface area (Å²) in [4.78, 5) is 23.5. The molecule has 1 rings (SSSR count). The van der Waals surface area contributed by atoms with E-state index in [0.29, 0.717) is 6.42 Å². The second-order valence-corrected chi connectivity index (χ2v) is 7.80. The monoisotopic (exact) mass is 302 g/mol. The van der Waals surface area contributed by atoms with Crippen molar-refractivity contribution in [1.29, 1.82) is 0 Å². The molecule has 0 spiro atoms. The van der Waals surface area contributed by atoms with Crippen molar-refractivity contribution in [2.24, 2.45) is 5.92 Å². The summed E-state index contributed by atoms with van der Waals surface area (Å²) >= 11 is 3.18. The average molecular weight is 302 g/mol. The summed E-state index contributed by atoms with van der Waals surface area (Å²) in [6.07, 6.45) is 3.25. The molecular formula is C14H22O3S2. The van der Waals surface area contributed by atoms with Gasteiger partial charge in [0, 0.05) is 18.1 Å². The fraction of sp³-hybridized carbons (Fsp3) is 0.714. The molecule has 0 aliphatic carbocycles. The predicted molar refractivity (Wildman–Crippen MR) is 82.5 cm³/mol. The van der Waals surface area contributed by atoms with Gasteiger partial charge < -0.3 is 9.53 Å². The van der Waals surface area contributed by atoms with Gasteiger partial charge in [0.2, 0.25) is 0 Å². The van der Waals surface area contributed by atoms with Gasteiger partial charge in [0.05, 0.1) is 6.10 Å². The Morgan fingerprint density at radius 3 is 2.89 bits per heavy atom. The number of carbonyl (C=O) groups is 2. The highest BCUT2D eigenvalue weighted by atomic mass is 32.2. The summed E-state index contributed by atoms with van der Waals surface area (Å²) in [7, 11) is 0. The number of thioether (sulfide) groups is 2. The number of carbonyl (C=O) groups excluding carboxylic acids is 2. The molecule has 2 atom stereocenters. The molecular weight excluding hydrogens is 280 g/mol. The van der Waals surface area contributed by atoms with Crippen LogP contribution in [0, 0.1) is 5.92 Å². The first-order chi connectivity index (χ1) is 8.97. The van der Waals surface area contributed by atoms with Crippen LogP contribution in [-0.4, -0.2) is 33.9 Å². The maximum Gasteiger partial charge on any atom is 0.333 e. The van der Waals surface area contributed by atoms with Crippen molar-refractivity contribution in [2.45, 2.75) is 44.3 Å². The number of ether oxygens (including phenoxy) is 1. The summed E-state index contributed by atoms with van der Waals surface area (Å²) in [5.41, 5.74) is 1.12. The fourth-order valence-corrected chi connectivity index (χ4v) is 5.40. The minimum Gasteiger partial charge on any atom is -0.461 e. The minimum absolute atomic E-state index is 0.0695. The van der Waals surface area contributed by atoms with Crippen molar-refractivity contribution in [3.8, 4) is 0 Å². The van der Waals surface area contributed by atoms with E-state index >= 15 is 0 Å². The molecule has 0 aromatic heterocycles. The molecule has 0 aromatic rings. The summed E-state index contributed by atoms with van der Waals surface area (Å²) in [5, 5.41) is 0. The molecule has 0 amide bonds. The van der Waals surface area contributed by atoms with Crippen LogP contribution in [0.5, 0.6) is 0 Å². The van der Waals surface area contributed by atoms with Crippen LogP contribution in [0.25, 0.3) is 0 Å². The zero-order valence-electron chi connectivity index (χ0n) is 12.0. The van der Waals surface area contributed by atoms with E-state index in [4.69, 9.17) is 4.74 Å². The highest BCUT2D eigenvalue weighted by Gasteiger charge is 2.50. The Balaban J connectivity index is 3.10. The van der Waals surface area contributed by atoms with Gasteiger partial charge in [0.15, 0.2) is 4.08 Å². The summed E-state index contributed by atoms with van der Waals surface area (Å²) < 4.78 is 4.78. The van der Waals surface area contributed by atoms with Gasteiger partial charge >= 0.3 is 5.97 Å². The van der Waals surface area contributed by atoms with Crippen LogP contribution in [-0.2, 0) is 14.3 Å². The Morgan fingerprint density at radius 2 is 2.37 bits per heavy atom. The van der Waals surface area contributed by atoms with Crippen molar-refractivity contribution in [3.63, 3.8) is 0 Å². The van der Waals surface area contributed by atoms with E-state index < -0.39 is 4.08 Å². The molecule has 0 radical (unpaired) electrons. The summed E-state index contributed by atoms with van der Waals surface area (Å²) in [6.45, 7) is 7.74. The van der Waals surface area contributed by atoms with Gasteiger partial charge in [-0.05, 0) is 26.5 Å². The Morgan fingerprint density at radius 1 is 1.68 bits per heavy atom. The number of esters is 1. The average Bonchev–Trinajstić information content (AvgIpc) is 2.33. The molecule has 0 bridgehead atoms. The highest BCUT2D eigenvalue weighted by Crippen LogP contribution is 2.51. The molecule has 1 heterocycles. The molecule has 1 aliphatic rings. The SMILES string of the molecule is CCS[C@]1(C(=O)OC(C)C)SCC=C(C)[C@H]1CC=O. The first-order valence-corrected chi connectivity index (χ1v) is 8.54. The summed E-state index contributed by atoms with van der Waals surface area (Å²) in [5.74, 6) is 1.35. The zero-order valence-corrected chi connectivity index (χ0v) is 13.6. The largest absolute Gasteiger partial charge is 0.461 e. The van der Waals surface area contributed by atoms with Crippen molar-refractivity contribution in [3.05, 3.63) is 11.6 Å². The Kier molecular flexibility index (Phi) is 6.47. The molecule has 3 nitrogen and oxygen atoms in total. The third-order valence-electron chi connectivity index (χ3n) is 3.03. The lowest BCUT2D eigenvalue weighted by molar-refractivity contribution is -0.148. The van der Waals surface area contributed by atoms with Crippen LogP contribution in [0.1, 0.15) is 34.1 Å². The second-order valence-electron chi connectivity index (χ2n) is 4.77. The van der Waals surface area contributed by atoms with Crippen molar-refractivity contribution < 1.29 is 14.3 Å². The molecule has 0 saturated carbocycles. The van der Waals surface area contributed by atoms with Crippen LogP contribution in [0.4, 0.5) is 0 Å². The van der Waals surface area contributed by atoms with Crippen LogP contribution in [0.15, 0.2) is 11.6 Å². The Labute approximate surface area is 123 Å². The third kappa shape index (κ3) is 3.78. The van der Waals surface area contributed by atoms with E-state index in [-0.39, 0.29) is 18.0 Å². The lowest BCUT2D eigenvalue weighted by atomic mass is 9.92. The van der Waals surface area contributed by atoms with Crippen LogP contribution in [0.3, 0.4) is 0 Å². The van der Waals surface area contributed by atoms with Gasteiger partial charge in [-0.15, -0.1) is 23.5 Å². The van der Waals surface area contributed by atoms with Crippen molar-refractivity contribution in [1.82, 2.24) is 0 Å². The van der Waals surface area contributed by atoms with E-state index in [1.54, 1.807) is 23.5 Å². The topological polar surface area (TPSA) is 43.4 Å². The molecule has 0 unspecified atom stereocenters. The molecule has 1 aliphatic heterocycles. The molecule has 0 saturated heterocycles. The Hall–Kier alpha value is -0.420. The molecule has 19 heavy (non-hydrogen) atoms. The standard InChI is InChI=1S/C14H22O3S2/c1-5-18-14(13(16)17-10(2)3)12(6-8-15)11(4)7-9-19-14/h7-8,10,12H,5-6,9H2,1-4H3/t12-,14+/m1/s1.